The molecule has 1 fully saturated rings. The SMILES string of the molecule is C=C1CCN(C(C)C(O)(Cn2cncn2)c2ccc(C(F)(F)F)cc2)CC1. The van der Waals surface area contributed by atoms with Crippen LogP contribution in [-0.4, -0.2) is 43.9 Å². The Kier molecular flexibility index (Phi) is 5.39. The van der Waals surface area contributed by atoms with Crippen molar-refractivity contribution >= 4 is 0 Å². The summed E-state index contributed by atoms with van der Waals surface area (Å²) in [4.78, 5) is 6.04. The molecule has 1 aliphatic heterocycles. The molecule has 0 amide bonds. The highest BCUT2D eigenvalue weighted by Gasteiger charge is 2.41. The zero-order valence-electron chi connectivity index (χ0n) is 15.2. The van der Waals surface area contributed by atoms with Gasteiger partial charge >= 0.3 is 6.18 Å². The lowest BCUT2D eigenvalue weighted by Crippen LogP contribution is -2.53. The van der Waals surface area contributed by atoms with Gasteiger partial charge in [-0.3, -0.25) is 4.90 Å². The van der Waals surface area contributed by atoms with E-state index in [1.807, 2.05) is 6.92 Å². The summed E-state index contributed by atoms with van der Waals surface area (Å²) in [7, 11) is 0. The lowest BCUT2D eigenvalue weighted by Gasteiger charge is -2.43. The van der Waals surface area contributed by atoms with E-state index in [0.717, 1.165) is 38.1 Å². The van der Waals surface area contributed by atoms with Crippen LogP contribution in [0.4, 0.5) is 13.2 Å². The first-order valence-electron chi connectivity index (χ1n) is 8.83. The molecule has 146 valence electrons. The third kappa shape index (κ3) is 4.22. The molecule has 3 rings (SSSR count). The van der Waals surface area contributed by atoms with Crippen LogP contribution in [0.1, 0.15) is 30.9 Å². The van der Waals surface area contributed by atoms with Crippen LogP contribution in [-0.2, 0) is 18.3 Å². The lowest BCUT2D eigenvalue weighted by molar-refractivity contribution is -0.137. The summed E-state index contributed by atoms with van der Waals surface area (Å²) in [6, 6.07) is 4.38. The number of piperidine rings is 1. The van der Waals surface area contributed by atoms with Gasteiger partial charge in [0.05, 0.1) is 12.1 Å². The average molecular weight is 380 g/mol. The topological polar surface area (TPSA) is 54.2 Å². The van der Waals surface area contributed by atoms with E-state index in [1.165, 1.54) is 35.0 Å². The largest absolute Gasteiger partial charge is 0.416 e. The minimum Gasteiger partial charge on any atom is -0.382 e. The van der Waals surface area contributed by atoms with Gasteiger partial charge < -0.3 is 5.11 Å². The summed E-state index contributed by atoms with van der Waals surface area (Å²) in [5.41, 5.74) is -0.566. The Balaban J connectivity index is 1.93. The van der Waals surface area contributed by atoms with E-state index in [2.05, 4.69) is 21.6 Å². The number of alkyl halides is 3. The van der Waals surface area contributed by atoms with Crippen molar-refractivity contribution in [3.8, 4) is 0 Å². The highest BCUT2D eigenvalue weighted by atomic mass is 19.4. The normalized spacial score (nSPS) is 19.7. The molecule has 2 atom stereocenters. The van der Waals surface area contributed by atoms with Crippen molar-refractivity contribution < 1.29 is 18.3 Å². The Morgan fingerprint density at radius 1 is 1.15 bits per heavy atom. The molecule has 2 unspecified atom stereocenters. The van der Waals surface area contributed by atoms with Crippen molar-refractivity contribution in [1.82, 2.24) is 19.7 Å². The molecule has 1 saturated heterocycles. The Bertz CT molecular complexity index is 763. The summed E-state index contributed by atoms with van der Waals surface area (Å²) in [5.74, 6) is 0. The van der Waals surface area contributed by atoms with Crippen molar-refractivity contribution in [3.05, 3.63) is 60.2 Å². The smallest absolute Gasteiger partial charge is 0.382 e. The van der Waals surface area contributed by atoms with Crippen molar-refractivity contribution in [2.75, 3.05) is 13.1 Å². The maximum atomic E-state index is 12.9. The second-order valence-corrected chi connectivity index (χ2v) is 7.05. The van der Waals surface area contributed by atoms with Crippen LogP contribution < -0.4 is 0 Å². The molecule has 8 heteroatoms. The second-order valence-electron chi connectivity index (χ2n) is 7.05. The van der Waals surface area contributed by atoms with Crippen LogP contribution in [0, 0.1) is 0 Å². The van der Waals surface area contributed by atoms with Crippen LogP contribution in [0.15, 0.2) is 49.1 Å². The zero-order valence-corrected chi connectivity index (χ0v) is 15.2. The number of halogens is 3. The van der Waals surface area contributed by atoms with Crippen LogP contribution in [0.3, 0.4) is 0 Å². The lowest BCUT2D eigenvalue weighted by atomic mass is 9.84. The number of rotatable bonds is 5. The van der Waals surface area contributed by atoms with E-state index in [9.17, 15) is 18.3 Å². The zero-order chi connectivity index (χ0) is 19.7. The first-order chi connectivity index (χ1) is 12.7. The number of hydrogen-bond acceptors (Lipinski definition) is 4. The van der Waals surface area contributed by atoms with Gasteiger partial charge in [-0.1, -0.05) is 24.3 Å². The molecule has 27 heavy (non-hydrogen) atoms. The quantitative estimate of drug-likeness (QED) is 0.810. The molecule has 5 nitrogen and oxygen atoms in total. The van der Waals surface area contributed by atoms with Crippen molar-refractivity contribution in [1.29, 1.82) is 0 Å². The molecule has 0 spiro atoms. The molecule has 1 aromatic carbocycles. The van der Waals surface area contributed by atoms with Crippen molar-refractivity contribution in [2.24, 2.45) is 0 Å². The van der Waals surface area contributed by atoms with Gasteiger partial charge in [-0.15, -0.1) is 0 Å². The number of likely N-dealkylation sites (tertiary alicyclic amines) is 1. The maximum absolute atomic E-state index is 12.9. The molecule has 2 heterocycles. The van der Waals surface area contributed by atoms with Gasteiger partial charge in [-0.25, -0.2) is 9.67 Å². The van der Waals surface area contributed by atoms with Crippen molar-refractivity contribution in [3.63, 3.8) is 0 Å². The van der Waals surface area contributed by atoms with E-state index in [-0.39, 0.29) is 12.6 Å². The van der Waals surface area contributed by atoms with E-state index in [0.29, 0.717) is 5.56 Å². The number of hydrogen-bond donors (Lipinski definition) is 1. The Hall–Kier alpha value is -2.19. The predicted molar refractivity (Wildman–Crippen MR) is 94.8 cm³/mol. The molecule has 0 saturated carbocycles. The summed E-state index contributed by atoms with van der Waals surface area (Å²) in [5, 5.41) is 15.7. The summed E-state index contributed by atoms with van der Waals surface area (Å²) in [6.45, 7) is 7.49. The third-order valence-electron chi connectivity index (χ3n) is 5.33. The highest BCUT2D eigenvalue weighted by molar-refractivity contribution is 5.30. The molecule has 1 aromatic heterocycles. The second kappa shape index (κ2) is 7.44. The van der Waals surface area contributed by atoms with Gasteiger partial charge in [0, 0.05) is 19.1 Å². The van der Waals surface area contributed by atoms with E-state index < -0.39 is 17.3 Å². The molecular weight excluding hydrogens is 357 g/mol. The van der Waals surface area contributed by atoms with E-state index in [1.54, 1.807) is 0 Å². The molecule has 0 radical (unpaired) electrons. The van der Waals surface area contributed by atoms with Gasteiger partial charge in [0.15, 0.2) is 0 Å². The summed E-state index contributed by atoms with van der Waals surface area (Å²) in [6.07, 6.45) is 0.122. The fraction of sp³-hybridized carbons (Fsp3) is 0.474. The molecule has 1 aliphatic rings. The Labute approximate surface area is 156 Å². The first kappa shape index (κ1) is 19.6. The molecule has 0 bridgehead atoms. The summed E-state index contributed by atoms with van der Waals surface area (Å²) >= 11 is 0. The number of benzene rings is 1. The number of aliphatic hydroxyl groups is 1. The number of nitrogens with zero attached hydrogens (tertiary/aromatic N) is 4. The Morgan fingerprint density at radius 3 is 2.26 bits per heavy atom. The summed E-state index contributed by atoms with van der Waals surface area (Å²) < 4.78 is 40.2. The molecule has 0 aliphatic carbocycles. The fourth-order valence-corrected chi connectivity index (χ4v) is 3.50. The maximum Gasteiger partial charge on any atom is 0.416 e. The van der Waals surface area contributed by atoms with Gasteiger partial charge in [-0.2, -0.15) is 18.3 Å². The van der Waals surface area contributed by atoms with Gasteiger partial charge in [0.25, 0.3) is 0 Å². The van der Waals surface area contributed by atoms with Crippen LogP contribution in [0.2, 0.25) is 0 Å². The molecular formula is C19H23F3N4O. The van der Waals surface area contributed by atoms with E-state index >= 15 is 0 Å². The monoisotopic (exact) mass is 380 g/mol. The minimum atomic E-state index is -4.42. The predicted octanol–water partition coefficient (Wildman–Crippen LogP) is 3.23. The van der Waals surface area contributed by atoms with Crippen LogP contribution >= 0.6 is 0 Å². The number of aromatic nitrogens is 3. The average Bonchev–Trinajstić information content (AvgIpc) is 3.14. The van der Waals surface area contributed by atoms with E-state index in [4.69, 9.17) is 0 Å². The van der Waals surface area contributed by atoms with Crippen LogP contribution in [0.5, 0.6) is 0 Å². The molecule has 1 N–H and O–H groups in total. The van der Waals surface area contributed by atoms with Gasteiger partial charge in [0.2, 0.25) is 0 Å². The fourth-order valence-electron chi connectivity index (χ4n) is 3.50. The first-order valence-corrected chi connectivity index (χ1v) is 8.83. The van der Waals surface area contributed by atoms with Gasteiger partial charge in [0.1, 0.15) is 18.3 Å². The molecule has 2 aromatic rings. The third-order valence-corrected chi connectivity index (χ3v) is 5.33. The van der Waals surface area contributed by atoms with Crippen LogP contribution in [0.25, 0.3) is 0 Å². The highest BCUT2D eigenvalue weighted by Crippen LogP contribution is 2.35. The van der Waals surface area contributed by atoms with Crippen molar-refractivity contribution in [2.45, 2.75) is 44.1 Å². The Morgan fingerprint density at radius 2 is 1.74 bits per heavy atom. The minimum absolute atomic E-state index is 0.0942. The van der Waals surface area contributed by atoms with Gasteiger partial charge in [-0.05, 0) is 37.5 Å². The standard InChI is InChI=1S/C19H23F3N4O/c1-14-7-9-25(10-8-14)15(2)18(27,11-26-13-23-12-24-26)16-3-5-17(6-4-16)19(20,21)22/h3-6,12-13,15,27H,1,7-11H2,2H3.